The van der Waals surface area contributed by atoms with Crippen molar-refractivity contribution in [3.63, 3.8) is 0 Å². The van der Waals surface area contributed by atoms with Crippen LogP contribution in [-0.4, -0.2) is 41.2 Å². The summed E-state index contributed by atoms with van der Waals surface area (Å²) in [6.07, 6.45) is 5.38. The lowest BCUT2D eigenvalue weighted by Crippen LogP contribution is -2.43. The number of benzene rings is 1. The van der Waals surface area contributed by atoms with Gasteiger partial charge in [-0.1, -0.05) is 12.1 Å². The molecule has 2 rings (SSSR count). The second kappa shape index (κ2) is 8.37. The topological polar surface area (TPSA) is 106 Å². The smallest absolute Gasteiger partial charge is 0.334 e. The van der Waals surface area contributed by atoms with Crippen molar-refractivity contribution in [3.8, 4) is 0 Å². The van der Waals surface area contributed by atoms with Crippen LogP contribution in [0.3, 0.4) is 0 Å². The van der Waals surface area contributed by atoms with Crippen molar-refractivity contribution in [3.05, 3.63) is 54.1 Å². The van der Waals surface area contributed by atoms with Gasteiger partial charge in [-0.2, -0.15) is 5.10 Å². The van der Waals surface area contributed by atoms with E-state index in [1.807, 2.05) is 31.2 Å². The van der Waals surface area contributed by atoms with E-state index in [9.17, 15) is 9.59 Å². The summed E-state index contributed by atoms with van der Waals surface area (Å²) in [5.41, 5.74) is 4.70. The van der Waals surface area contributed by atoms with Gasteiger partial charge in [0.05, 0.1) is 25.2 Å². The predicted octanol–water partition coefficient (Wildman–Crippen LogP) is 1.15. The van der Waals surface area contributed by atoms with Crippen LogP contribution in [0.2, 0.25) is 0 Å². The van der Waals surface area contributed by atoms with Crippen LogP contribution in [-0.2, 0) is 9.53 Å². The van der Waals surface area contributed by atoms with Crippen LogP contribution in [0.4, 0.5) is 5.69 Å². The second-order valence-electron chi connectivity index (χ2n) is 4.82. The van der Waals surface area contributed by atoms with Gasteiger partial charge in [0, 0.05) is 12.4 Å². The van der Waals surface area contributed by atoms with E-state index in [4.69, 9.17) is 0 Å². The highest BCUT2D eigenvalue weighted by molar-refractivity contribution is 6.02. The molecule has 0 spiro atoms. The first-order valence-electron chi connectivity index (χ1n) is 7.10. The molecular weight excluding hydrogens is 310 g/mol. The molecule has 1 amide bonds. The summed E-state index contributed by atoms with van der Waals surface area (Å²) in [6, 6.07) is 6.49. The molecule has 1 aromatic heterocycles. The molecule has 2 N–H and O–H groups in total. The number of aromatic nitrogens is 2. The van der Waals surface area contributed by atoms with Crippen molar-refractivity contribution in [2.45, 2.75) is 13.0 Å². The molecule has 0 aliphatic rings. The fourth-order valence-electron chi connectivity index (χ4n) is 1.82. The van der Waals surface area contributed by atoms with E-state index in [-0.39, 0.29) is 5.69 Å². The Morgan fingerprint density at radius 2 is 2.17 bits per heavy atom. The van der Waals surface area contributed by atoms with Crippen LogP contribution in [0.1, 0.15) is 16.1 Å². The van der Waals surface area contributed by atoms with E-state index in [0.717, 1.165) is 11.3 Å². The third-order valence-electron chi connectivity index (χ3n) is 2.97. The quantitative estimate of drug-likeness (QED) is 0.468. The van der Waals surface area contributed by atoms with Crippen molar-refractivity contribution in [2.75, 3.05) is 12.5 Å². The molecule has 124 valence electrons. The summed E-state index contributed by atoms with van der Waals surface area (Å²) in [4.78, 5) is 31.5. The fraction of sp³-hybridized carbons (Fsp3) is 0.188. The van der Waals surface area contributed by atoms with Gasteiger partial charge in [0.2, 0.25) is 0 Å². The SMILES string of the molecule is COC(=O)C(/C=N/Nc1cccc(C)c1)NC(=O)c1cnccn1. The molecular formula is C16H17N5O3. The Morgan fingerprint density at radius 3 is 2.83 bits per heavy atom. The summed E-state index contributed by atoms with van der Waals surface area (Å²) in [5.74, 6) is -1.21. The van der Waals surface area contributed by atoms with Crippen LogP contribution in [0.15, 0.2) is 48.0 Å². The first kappa shape index (κ1) is 17.1. The third-order valence-corrected chi connectivity index (χ3v) is 2.97. The molecule has 0 fully saturated rings. The van der Waals surface area contributed by atoms with Gasteiger partial charge < -0.3 is 10.1 Å². The van der Waals surface area contributed by atoms with Crippen molar-refractivity contribution in [1.82, 2.24) is 15.3 Å². The maximum absolute atomic E-state index is 12.0. The molecule has 0 aliphatic heterocycles. The molecule has 8 nitrogen and oxygen atoms in total. The Bertz CT molecular complexity index is 734. The summed E-state index contributed by atoms with van der Waals surface area (Å²) in [5, 5.41) is 6.45. The first-order chi connectivity index (χ1) is 11.6. The van der Waals surface area contributed by atoms with Crippen molar-refractivity contribution >= 4 is 23.8 Å². The lowest BCUT2D eigenvalue weighted by atomic mass is 10.2. The summed E-state index contributed by atoms with van der Waals surface area (Å²) >= 11 is 0. The van der Waals surface area contributed by atoms with E-state index in [0.29, 0.717) is 0 Å². The minimum absolute atomic E-state index is 0.0893. The Kier molecular flexibility index (Phi) is 5.95. The van der Waals surface area contributed by atoms with Crippen LogP contribution < -0.4 is 10.7 Å². The molecule has 0 saturated carbocycles. The number of aryl methyl sites for hydroxylation is 1. The molecule has 8 heteroatoms. The van der Waals surface area contributed by atoms with Gasteiger partial charge in [-0.05, 0) is 24.6 Å². The van der Waals surface area contributed by atoms with E-state index in [1.165, 1.54) is 31.9 Å². The van der Waals surface area contributed by atoms with Crippen LogP contribution in [0.5, 0.6) is 0 Å². The number of amides is 1. The second-order valence-corrected chi connectivity index (χ2v) is 4.82. The number of carbonyl (C=O) groups is 2. The van der Waals surface area contributed by atoms with E-state index < -0.39 is 17.9 Å². The number of nitrogens with zero attached hydrogens (tertiary/aromatic N) is 3. The Hall–Kier alpha value is -3.29. The average Bonchev–Trinajstić information content (AvgIpc) is 2.61. The number of nitrogens with one attached hydrogen (secondary N) is 2. The first-order valence-corrected chi connectivity index (χ1v) is 7.10. The molecule has 0 radical (unpaired) electrons. The van der Waals surface area contributed by atoms with Gasteiger partial charge >= 0.3 is 5.97 Å². The molecule has 0 aliphatic carbocycles. The molecule has 24 heavy (non-hydrogen) atoms. The van der Waals surface area contributed by atoms with Gasteiger partial charge in [0.25, 0.3) is 5.91 Å². The lowest BCUT2D eigenvalue weighted by molar-refractivity contribution is -0.140. The van der Waals surface area contributed by atoms with Gasteiger partial charge in [-0.3, -0.25) is 15.2 Å². The number of esters is 1. The molecule has 2 aromatic rings. The molecule has 1 heterocycles. The number of hydrogen-bond acceptors (Lipinski definition) is 7. The van der Waals surface area contributed by atoms with E-state index >= 15 is 0 Å². The zero-order valence-corrected chi connectivity index (χ0v) is 13.3. The van der Waals surface area contributed by atoms with Crippen LogP contribution >= 0.6 is 0 Å². The highest BCUT2D eigenvalue weighted by Crippen LogP contribution is 2.08. The maximum atomic E-state index is 12.0. The molecule has 1 aromatic carbocycles. The zero-order valence-electron chi connectivity index (χ0n) is 13.3. The Balaban J connectivity index is 2.04. The monoisotopic (exact) mass is 327 g/mol. The minimum Gasteiger partial charge on any atom is -0.467 e. The number of anilines is 1. The van der Waals surface area contributed by atoms with Gasteiger partial charge in [0.15, 0.2) is 6.04 Å². The predicted molar refractivity (Wildman–Crippen MR) is 88.6 cm³/mol. The van der Waals surface area contributed by atoms with Crippen molar-refractivity contribution in [2.24, 2.45) is 5.10 Å². The highest BCUT2D eigenvalue weighted by atomic mass is 16.5. The largest absolute Gasteiger partial charge is 0.467 e. The summed E-state index contributed by atoms with van der Waals surface area (Å²) < 4.78 is 4.66. The highest BCUT2D eigenvalue weighted by Gasteiger charge is 2.21. The van der Waals surface area contributed by atoms with E-state index in [2.05, 4.69) is 30.5 Å². The lowest BCUT2D eigenvalue weighted by Gasteiger charge is -2.11. The number of carbonyl (C=O) groups excluding carboxylic acids is 2. The molecule has 1 unspecified atom stereocenters. The average molecular weight is 327 g/mol. The standard InChI is InChI=1S/C16H17N5O3/c1-11-4-3-5-12(8-11)21-19-10-14(16(23)24-2)20-15(22)13-9-17-6-7-18-13/h3-10,14,21H,1-2H3,(H,20,22)/b19-10+. The number of hydrogen-bond donors (Lipinski definition) is 2. The number of hydrazone groups is 1. The third kappa shape index (κ3) is 4.87. The van der Waals surface area contributed by atoms with Gasteiger partial charge in [0.1, 0.15) is 5.69 Å². The fourth-order valence-corrected chi connectivity index (χ4v) is 1.82. The molecule has 1 atom stereocenters. The normalized spacial score (nSPS) is 11.8. The number of ether oxygens (including phenoxy) is 1. The minimum atomic E-state index is -1.05. The molecule has 0 bridgehead atoms. The Labute approximate surface area is 139 Å². The van der Waals surface area contributed by atoms with Gasteiger partial charge in [-0.15, -0.1) is 0 Å². The van der Waals surface area contributed by atoms with Crippen molar-refractivity contribution in [1.29, 1.82) is 0 Å². The number of rotatable bonds is 6. The Morgan fingerprint density at radius 1 is 1.33 bits per heavy atom. The number of methoxy groups -OCH3 is 1. The van der Waals surface area contributed by atoms with Gasteiger partial charge in [-0.25, -0.2) is 9.78 Å². The van der Waals surface area contributed by atoms with Crippen LogP contribution in [0.25, 0.3) is 0 Å². The maximum Gasteiger partial charge on any atom is 0.334 e. The van der Waals surface area contributed by atoms with Crippen molar-refractivity contribution < 1.29 is 14.3 Å². The zero-order chi connectivity index (χ0) is 17.4. The summed E-state index contributed by atoms with van der Waals surface area (Å²) in [6.45, 7) is 1.95. The summed E-state index contributed by atoms with van der Waals surface area (Å²) in [7, 11) is 1.23. The molecule has 0 saturated heterocycles. The van der Waals surface area contributed by atoms with E-state index in [1.54, 1.807) is 0 Å². The van der Waals surface area contributed by atoms with Crippen LogP contribution in [0, 0.1) is 6.92 Å².